The van der Waals surface area contributed by atoms with E-state index in [0.717, 1.165) is 16.6 Å². The van der Waals surface area contributed by atoms with Crippen LogP contribution in [0.2, 0.25) is 0 Å². The van der Waals surface area contributed by atoms with E-state index in [4.69, 9.17) is 10.5 Å². The standard InChI is InChI=1S/C18H22BrN3O3/c1-4-8-12-14(15(17(20)23)22(3)16(12)19)21-18(24)11-9-6-7-10-13(11)25-5-2/h6-7,9-10H,4-5,8H2,1-3H3,(H2,20,23)(H,21,24). The predicted octanol–water partition coefficient (Wildman–Crippen LogP) is 3.49. The second-order valence-corrected chi connectivity index (χ2v) is 6.30. The molecule has 0 atom stereocenters. The molecular weight excluding hydrogens is 386 g/mol. The number of halogens is 1. The van der Waals surface area contributed by atoms with E-state index in [0.29, 0.717) is 30.0 Å². The average molecular weight is 408 g/mol. The summed E-state index contributed by atoms with van der Waals surface area (Å²) in [6.45, 7) is 4.34. The first-order valence-electron chi connectivity index (χ1n) is 8.12. The summed E-state index contributed by atoms with van der Waals surface area (Å²) < 4.78 is 7.90. The van der Waals surface area contributed by atoms with Gasteiger partial charge in [0.2, 0.25) is 0 Å². The third-order valence-corrected chi connectivity index (χ3v) is 4.83. The van der Waals surface area contributed by atoms with Gasteiger partial charge in [0, 0.05) is 12.6 Å². The summed E-state index contributed by atoms with van der Waals surface area (Å²) in [5, 5.41) is 2.85. The highest BCUT2D eigenvalue weighted by atomic mass is 79.9. The molecule has 2 aromatic rings. The molecule has 1 heterocycles. The summed E-state index contributed by atoms with van der Waals surface area (Å²) in [6, 6.07) is 6.99. The van der Waals surface area contributed by atoms with Crippen LogP contribution in [0.1, 0.15) is 46.7 Å². The Bertz CT molecular complexity index is 799. The van der Waals surface area contributed by atoms with Gasteiger partial charge in [0.25, 0.3) is 11.8 Å². The number of benzene rings is 1. The number of carbonyl (C=O) groups excluding carboxylic acids is 2. The fourth-order valence-corrected chi connectivity index (χ4v) is 3.31. The fourth-order valence-electron chi connectivity index (χ4n) is 2.73. The molecule has 0 saturated carbocycles. The number of ether oxygens (including phenoxy) is 1. The maximum Gasteiger partial charge on any atom is 0.267 e. The first kappa shape index (κ1) is 19.1. The van der Waals surface area contributed by atoms with Crippen molar-refractivity contribution in [1.29, 1.82) is 0 Å². The monoisotopic (exact) mass is 407 g/mol. The van der Waals surface area contributed by atoms with Crippen molar-refractivity contribution in [3.63, 3.8) is 0 Å². The molecule has 3 N–H and O–H groups in total. The molecule has 2 amide bonds. The summed E-state index contributed by atoms with van der Waals surface area (Å²) in [4.78, 5) is 24.7. The fraction of sp³-hybridized carbons (Fsp3) is 0.333. The van der Waals surface area contributed by atoms with Gasteiger partial charge in [-0.3, -0.25) is 9.59 Å². The van der Waals surface area contributed by atoms with Crippen LogP contribution in [0.25, 0.3) is 0 Å². The molecule has 0 aliphatic carbocycles. The number of anilines is 1. The third kappa shape index (κ3) is 3.87. The van der Waals surface area contributed by atoms with Crippen LogP contribution in [-0.4, -0.2) is 23.0 Å². The number of primary amides is 1. The minimum absolute atomic E-state index is 0.262. The van der Waals surface area contributed by atoms with Gasteiger partial charge >= 0.3 is 0 Å². The SMILES string of the molecule is CCCc1c(NC(=O)c2ccccc2OCC)c(C(N)=O)n(C)c1Br. The average Bonchev–Trinajstić information content (AvgIpc) is 2.80. The Kier molecular flexibility index (Phi) is 6.25. The molecular formula is C18H22BrN3O3. The number of nitrogens with zero attached hydrogens (tertiary/aromatic N) is 1. The van der Waals surface area contributed by atoms with Gasteiger partial charge in [-0.15, -0.1) is 0 Å². The van der Waals surface area contributed by atoms with E-state index < -0.39 is 5.91 Å². The zero-order chi connectivity index (χ0) is 18.6. The van der Waals surface area contributed by atoms with Crippen LogP contribution in [0.15, 0.2) is 28.9 Å². The van der Waals surface area contributed by atoms with Crippen LogP contribution in [0.4, 0.5) is 5.69 Å². The molecule has 0 fully saturated rings. The molecule has 0 aliphatic heterocycles. The zero-order valence-corrected chi connectivity index (χ0v) is 16.1. The number of para-hydroxylation sites is 1. The molecule has 0 radical (unpaired) electrons. The van der Waals surface area contributed by atoms with Crippen LogP contribution in [0.3, 0.4) is 0 Å². The van der Waals surface area contributed by atoms with Crippen molar-refractivity contribution in [3.05, 3.63) is 45.7 Å². The molecule has 134 valence electrons. The highest BCUT2D eigenvalue weighted by Gasteiger charge is 2.25. The van der Waals surface area contributed by atoms with Crippen LogP contribution in [-0.2, 0) is 13.5 Å². The van der Waals surface area contributed by atoms with Gasteiger partial charge < -0.3 is 20.4 Å². The van der Waals surface area contributed by atoms with Gasteiger partial charge in [-0.1, -0.05) is 25.5 Å². The smallest absolute Gasteiger partial charge is 0.267 e. The first-order chi connectivity index (χ1) is 11.9. The number of amides is 2. The lowest BCUT2D eigenvalue weighted by molar-refractivity contribution is 0.0993. The predicted molar refractivity (Wildman–Crippen MR) is 101 cm³/mol. The molecule has 0 saturated heterocycles. The van der Waals surface area contributed by atoms with Crippen molar-refractivity contribution in [2.75, 3.05) is 11.9 Å². The summed E-state index contributed by atoms with van der Waals surface area (Å²) in [5.41, 5.74) is 7.49. The van der Waals surface area contributed by atoms with Crippen molar-refractivity contribution in [1.82, 2.24) is 4.57 Å². The van der Waals surface area contributed by atoms with Crippen molar-refractivity contribution in [3.8, 4) is 5.75 Å². The van der Waals surface area contributed by atoms with Crippen LogP contribution in [0.5, 0.6) is 5.75 Å². The Morgan fingerprint density at radius 1 is 1.28 bits per heavy atom. The van der Waals surface area contributed by atoms with E-state index in [9.17, 15) is 9.59 Å². The molecule has 0 spiro atoms. The van der Waals surface area contributed by atoms with Gasteiger partial charge in [-0.05, 0) is 41.4 Å². The van der Waals surface area contributed by atoms with E-state index >= 15 is 0 Å². The zero-order valence-electron chi connectivity index (χ0n) is 14.6. The molecule has 0 unspecified atom stereocenters. The molecule has 1 aromatic heterocycles. The van der Waals surface area contributed by atoms with E-state index in [1.54, 1.807) is 35.9 Å². The lowest BCUT2D eigenvalue weighted by Crippen LogP contribution is -2.20. The lowest BCUT2D eigenvalue weighted by atomic mass is 10.1. The van der Waals surface area contributed by atoms with Gasteiger partial charge in [-0.2, -0.15) is 0 Å². The molecule has 0 aliphatic rings. The maximum atomic E-state index is 12.8. The van der Waals surface area contributed by atoms with Crippen molar-refractivity contribution in [2.45, 2.75) is 26.7 Å². The molecule has 7 heteroatoms. The quantitative estimate of drug-likeness (QED) is 0.736. The molecule has 2 rings (SSSR count). The second kappa shape index (κ2) is 8.20. The number of nitrogens with one attached hydrogen (secondary N) is 1. The number of hydrogen-bond donors (Lipinski definition) is 2. The van der Waals surface area contributed by atoms with Crippen molar-refractivity contribution < 1.29 is 14.3 Å². The molecule has 0 bridgehead atoms. The highest BCUT2D eigenvalue weighted by Crippen LogP contribution is 2.33. The van der Waals surface area contributed by atoms with Crippen molar-refractivity contribution in [2.24, 2.45) is 12.8 Å². The van der Waals surface area contributed by atoms with E-state index in [1.165, 1.54) is 0 Å². The van der Waals surface area contributed by atoms with E-state index in [-0.39, 0.29) is 11.6 Å². The summed E-state index contributed by atoms with van der Waals surface area (Å²) in [5.74, 6) is -0.448. The second-order valence-electron chi connectivity index (χ2n) is 5.55. The molecule has 25 heavy (non-hydrogen) atoms. The number of carbonyl (C=O) groups is 2. The summed E-state index contributed by atoms with van der Waals surface area (Å²) in [7, 11) is 1.73. The molecule has 6 nitrogen and oxygen atoms in total. The van der Waals surface area contributed by atoms with E-state index in [2.05, 4.69) is 21.2 Å². The largest absolute Gasteiger partial charge is 0.493 e. The Morgan fingerprint density at radius 2 is 1.96 bits per heavy atom. The number of hydrogen-bond acceptors (Lipinski definition) is 3. The van der Waals surface area contributed by atoms with Gasteiger partial charge in [-0.25, -0.2) is 0 Å². The van der Waals surface area contributed by atoms with Crippen LogP contribution >= 0.6 is 15.9 Å². The van der Waals surface area contributed by atoms with Gasteiger partial charge in [0.1, 0.15) is 11.4 Å². The Balaban J connectivity index is 2.48. The normalized spacial score (nSPS) is 10.6. The summed E-state index contributed by atoms with van der Waals surface area (Å²) >= 11 is 3.49. The minimum atomic E-state index is -0.598. The molecule has 1 aromatic carbocycles. The highest BCUT2D eigenvalue weighted by molar-refractivity contribution is 9.10. The first-order valence-corrected chi connectivity index (χ1v) is 8.91. The Hall–Kier alpha value is -2.28. The number of aromatic nitrogens is 1. The van der Waals surface area contributed by atoms with Crippen LogP contribution < -0.4 is 15.8 Å². The number of nitrogens with two attached hydrogens (primary N) is 1. The van der Waals surface area contributed by atoms with Crippen LogP contribution in [0, 0.1) is 0 Å². The minimum Gasteiger partial charge on any atom is -0.493 e. The van der Waals surface area contributed by atoms with Gasteiger partial charge in [0.05, 0.1) is 22.5 Å². The third-order valence-electron chi connectivity index (χ3n) is 3.82. The number of rotatable bonds is 7. The lowest BCUT2D eigenvalue weighted by Gasteiger charge is -2.12. The Morgan fingerprint density at radius 3 is 2.56 bits per heavy atom. The summed E-state index contributed by atoms with van der Waals surface area (Å²) in [6.07, 6.45) is 1.56. The Labute approximate surface area is 155 Å². The van der Waals surface area contributed by atoms with Gasteiger partial charge in [0.15, 0.2) is 0 Å². The topological polar surface area (TPSA) is 86.3 Å². The maximum absolute atomic E-state index is 12.8. The van der Waals surface area contributed by atoms with Crippen molar-refractivity contribution >= 4 is 33.4 Å². The van der Waals surface area contributed by atoms with E-state index in [1.807, 2.05) is 13.8 Å².